The Kier molecular flexibility index (Phi) is 3.04. The predicted octanol–water partition coefficient (Wildman–Crippen LogP) is 2.45. The largest absolute Gasteiger partial charge is 0.314 e. The Hall–Kier alpha value is -1.32. The Bertz CT molecular complexity index is 451. The fraction of sp³-hybridized carbons (Fsp3) is 0.182. The van der Waals surface area contributed by atoms with Crippen molar-refractivity contribution >= 4 is 11.6 Å². The number of rotatable bonds is 3. The lowest BCUT2D eigenvalue weighted by molar-refractivity contribution is 0.784. The van der Waals surface area contributed by atoms with Crippen molar-refractivity contribution in [1.82, 2.24) is 15.5 Å². The topological polar surface area (TPSA) is 40.7 Å². The molecular weight excluding hydrogens is 210 g/mol. The molecule has 0 atom stereocenters. The first-order valence-electron chi connectivity index (χ1n) is 4.74. The summed E-state index contributed by atoms with van der Waals surface area (Å²) in [4.78, 5) is 0. The minimum Gasteiger partial charge on any atom is -0.314 e. The van der Waals surface area contributed by atoms with E-state index in [1.165, 1.54) is 0 Å². The van der Waals surface area contributed by atoms with Crippen molar-refractivity contribution in [3.63, 3.8) is 0 Å². The van der Waals surface area contributed by atoms with Crippen LogP contribution < -0.4 is 5.32 Å². The zero-order valence-corrected chi connectivity index (χ0v) is 9.17. The van der Waals surface area contributed by atoms with Gasteiger partial charge in [-0.05, 0) is 25.2 Å². The minimum atomic E-state index is 0.727. The molecule has 15 heavy (non-hydrogen) atoms. The highest BCUT2D eigenvalue weighted by Crippen LogP contribution is 2.21. The van der Waals surface area contributed by atoms with E-state index < -0.39 is 0 Å². The number of benzene rings is 1. The van der Waals surface area contributed by atoms with Crippen LogP contribution in [0.5, 0.6) is 0 Å². The van der Waals surface area contributed by atoms with E-state index in [0.717, 1.165) is 28.5 Å². The first-order valence-corrected chi connectivity index (χ1v) is 5.12. The lowest BCUT2D eigenvalue weighted by Gasteiger charge is -1.95. The summed E-state index contributed by atoms with van der Waals surface area (Å²) in [5, 5.41) is 11.0. The van der Waals surface area contributed by atoms with Gasteiger partial charge in [-0.15, -0.1) is 0 Å². The second kappa shape index (κ2) is 4.47. The third-order valence-electron chi connectivity index (χ3n) is 2.12. The van der Waals surface area contributed by atoms with E-state index in [-0.39, 0.29) is 0 Å². The number of nitrogens with zero attached hydrogens (tertiary/aromatic N) is 1. The van der Waals surface area contributed by atoms with Gasteiger partial charge in [0, 0.05) is 22.8 Å². The van der Waals surface area contributed by atoms with Crippen molar-refractivity contribution in [2.75, 3.05) is 7.05 Å². The summed E-state index contributed by atoms with van der Waals surface area (Å²) in [6, 6.07) is 9.69. The molecule has 1 heterocycles. The molecule has 4 heteroatoms. The summed E-state index contributed by atoms with van der Waals surface area (Å²) in [7, 11) is 1.90. The molecule has 0 aliphatic rings. The van der Waals surface area contributed by atoms with Gasteiger partial charge in [0.25, 0.3) is 0 Å². The van der Waals surface area contributed by atoms with Crippen molar-refractivity contribution in [3.05, 3.63) is 41.0 Å². The van der Waals surface area contributed by atoms with Crippen molar-refractivity contribution in [2.24, 2.45) is 0 Å². The van der Waals surface area contributed by atoms with Crippen LogP contribution in [0.4, 0.5) is 0 Å². The van der Waals surface area contributed by atoms with Crippen molar-refractivity contribution < 1.29 is 0 Å². The number of hydrogen-bond acceptors (Lipinski definition) is 2. The standard InChI is InChI=1S/C11H12ClN3/c1-13-7-10-6-11(15-14-10)8-3-2-4-9(12)5-8/h2-6,13H,7H2,1H3,(H,14,15). The van der Waals surface area contributed by atoms with E-state index in [0.29, 0.717) is 0 Å². The van der Waals surface area contributed by atoms with Crippen LogP contribution >= 0.6 is 11.6 Å². The van der Waals surface area contributed by atoms with Crippen LogP contribution in [0.25, 0.3) is 11.3 Å². The number of aromatic nitrogens is 2. The molecule has 2 rings (SSSR count). The zero-order chi connectivity index (χ0) is 10.7. The molecule has 0 amide bonds. The van der Waals surface area contributed by atoms with E-state index in [9.17, 15) is 0 Å². The average Bonchev–Trinajstić information content (AvgIpc) is 2.67. The molecule has 2 aromatic rings. The molecule has 0 spiro atoms. The lowest BCUT2D eigenvalue weighted by Crippen LogP contribution is -2.04. The summed E-state index contributed by atoms with van der Waals surface area (Å²) in [5.41, 5.74) is 3.01. The number of halogens is 1. The summed E-state index contributed by atoms with van der Waals surface area (Å²) in [5.74, 6) is 0. The molecule has 0 saturated carbocycles. The van der Waals surface area contributed by atoms with Crippen LogP contribution in [0.2, 0.25) is 5.02 Å². The summed E-state index contributed by atoms with van der Waals surface area (Å²) in [6.45, 7) is 0.785. The molecule has 0 aliphatic heterocycles. The first-order chi connectivity index (χ1) is 7.29. The third-order valence-corrected chi connectivity index (χ3v) is 2.35. The van der Waals surface area contributed by atoms with Gasteiger partial charge in [-0.1, -0.05) is 23.7 Å². The molecule has 0 radical (unpaired) electrons. The monoisotopic (exact) mass is 221 g/mol. The summed E-state index contributed by atoms with van der Waals surface area (Å²) < 4.78 is 0. The lowest BCUT2D eigenvalue weighted by atomic mass is 10.1. The van der Waals surface area contributed by atoms with Crippen molar-refractivity contribution in [2.45, 2.75) is 6.54 Å². The summed E-state index contributed by atoms with van der Waals surface area (Å²) in [6.07, 6.45) is 0. The van der Waals surface area contributed by atoms with Gasteiger partial charge in [0.05, 0.1) is 5.69 Å². The number of aromatic amines is 1. The van der Waals surface area contributed by atoms with Crippen LogP contribution in [-0.2, 0) is 6.54 Å². The van der Waals surface area contributed by atoms with Crippen LogP contribution in [-0.4, -0.2) is 17.2 Å². The van der Waals surface area contributed by atoms with Gasteiger partial charge < -0.3 is 5.32 Å². The molecule has 0 unspecified atom stereocenters. The highest BCUT2D eigenvalue weighted by Gasteiger charge is 2.03. The van der Waals surface area contributed by atoms with Gasteiger partial charge in [0.15, 0.2) is 0 Å². The van der Waals surface area contributed by atoms with E-state index in [4.69, 9.17) is 11.6 Å². The van der Waals surface area contributed by atoms with Gasteiger partial charge in [-0.25, -0.2) is 0 Å². The second-order valence-corrected chi connectivity index (χ2v) is 3.76. The Balaban J connectivity index is 2.29. The van der Waals surface area contributed by atoms with E-state index >= 15 is 0 Å². The Morgan fingerprint density at radius 2 is 2.27 bits per heavy atom. The first kappa shape index (κ1) is 10.2. The fourth-order valence-electron chi connectivity index (χ4n) is 1.44. The number of nitrogens with one attached hydrogen (secondary N) is 2. The van der Waals surface area contributed by atoms with Gasteiger partial charge >= 0.3 is 0 Å². The molecule has 78 valence electrons. The highest BCUT2D eigenvalue weighted by molar-refractivity contribution is 6.30. The van der Waals surface area contributed by atoms with Crippen molar-refractivity contribution in [3.8, 4) is 11.3 Å². The number of H-pyrrole nitrogens is 1. The Morgan fingerprint density at radius 3 is 3.00 bits per heavy atom. The molecule has 1 aromatic heterocycles. The summed E-state index contributed by atoms with van der Waals surface area (Å²) >= 11 is 5.91. The average molecular weight is 222 g/mol. The predicted molar refractivity (Wildman–Crippen MR) is 61.8 cm³/mol. The number of hydrogen-bond donors (Lipinski definition) is 2. The maximum atomic E-state index is 5.91. The van der Waals surface area contributed by atoms with Gasteiger partial charge in [-0.3, -0.25) is 5.10 Å². The van der Waals surface area contributed by atoms with Crippen LogP contribution in [0, 0.1) is 0 Å². The molecule has 3 nitrogen and oxygen atoms in total. The van der Waals surface area contributed by atoms with Gasteiger partial charge in [0.1, 0.15) is 0 Å². The maximum Gasteiger partial charge on any atom is 0.0924 e. The second-order valence-electron chi connectivity index (χ2n) is 3.32. The molecule has 2 N–H and O–H groups in total. The SMILES string of the molecule is CNCc1cc(-c2cccc(Cl)c2)n[nH]1. The zero-order valence-electron chi connectivity index (χ0n) is 8.42. The molecular formula is C11H12ClN3. The Morgan fingerprint density at radius 1 is 1.40 bits per heavy atom. The van der Waals surface area contributed by atoms with Gasteiger partial charge in [0.2, 0.25) is 0 Å². The van der Waals surface area contributed by atoms with Gasteiger partial charge in [-0.2, -0.15) is 5.10 Å². The van der Waals surface area contributed by atoms with Crippen LogP contribution in [0.3, 0.4) is 0 Å². The molecule has 0 aliphatic carbocycles. The maximum absolute atomic E-state index is 5.91. The van der Waals surface area contributed by atoms with Crippen LogP contribution in [0.1, 0.15) is 5.69 Å². The van der Waals surface area contributed by atoms with E-state index in [1.807, 2.05) is 37.4 Å². The molecule has 0 saturated heterocycles. The minimum absolute atomic E-state index is 0.727. The highest BCUT2D eigenvalue weighted by atomic mass is 35.5. The third kappa shape index (κ3) is 2.37. The Labute approximate surface area is 93.5 Å². The van der Waals surface area contributed by atoms with Crippen LogP contribution in [0.15, 0.2) is 30.3 Å². The molecule has 0 bridgehead atoms. The smallest absolute Gasteiger partial charge is 0.0924 e. The van der Waals surface area contributed by atoms with E-state index in [1.54, 1.807) is 0 Å². The molecule has 1 aromatic carbocycles. The quantitative estimate of drug-likeness (QED) is 0.836. The normalized spacial score (nSPS) is 10.5. The molecule has 0 fully saturated rings. The van der Waals surface area contributed by atoms with Crippen molar-refractivity contribution in [1.29, 1.82) is 0 Å². The fourth-order valence-corrected chi connectivity index (χ4v) is 1.63. The van der Waals surface area contributed by atoms with E-state index in [2.05, 4.69) is 15.5 Å².